The molecule has 3 nitrogen and oxygen atoms in total. The fourth-order valence-electron chi connectivity index (χ4n) is 1.75. The normalized spacial score (nSPS) is 12.4. The van der Waals surface area contributed by atoms with Crippen LogP contribution in [0, 0.1) is 11.6 Å². The van der Waals surface area contributed by atoms with Crippen molar-refractivity contribution in [2.75, 3.05) is 6.54 Å². The van der Waals surface area contributed by atoms with Crippen LogP contribution >= 0.6 is 0 Å². The Kier molecular flexibility index (Phi) is 5.71. The third-order valence-electron chi connectivity index (χ3n) is 2.60. The number of carbonyl (C=O) groups is 1. The van der Waals surface area contributed by atoms with Crippen LogP contribution < -0.4 is 5.32 Å². The summed E-state index contributed by atoms with van der Waals surface area (Å²) in [7, 11) is 0. The molecule has 1 rings (SSSR count). The fraction of sp³-hybridized carbons (Fsp3) is 0.462. The summed E-state index contributed by atoms with van der Waals surface area (Å²) >= 11 is 0. The van der Waals surface area contributed by atoms with Crippen LogP contribution in [0.2, 0.25) is 0 Å². The Morgan fingerprint density at radius 3 is 2.44 bits per heavy atom. The van der Waals surface area contributed by atoms with Crippen LogP contribution in [0.15, 0.2) is 18.2 Å². The van der Waals surface area contributed by atoms with E-state index in [0.717, 1.165) is 12.5 Å². The lowest BCUT2D eigenvalue weighted by atomic mass is 10.1. The van der Waals surface area contributed by atoms with Crippen molar-refractivity contribution in [2.24, 2.45) is 0 Å². The molecule has 0 aliphatic heterocycles. The van der Waals surface area contributed by atoms with E-state index in [0.29, 0.717) is 24.9 Å². The Balaban J connectivity index is 2.47. The molecule has 0 spiro atoms. The molecule has 100 valence electrons. The monoisotopic (exact) mass is 257 g/mol. The zero-order valence-corrected chi connectivity index (χ0v) is 10.2. The SMILES string of the molecule is CCC[C@H](NCCc1cc(F)cc(F)c1)C(=O)O. The van der Waals surface area contributed by atoms with E-state index < -0.39 is 23.6 Å². The lowest BCUT2D eigenvalue weighted by Gasteiger charge is -2.13. The van der Waals surface area contributed by atoms with Crippen LogP contribution in [0.5, 0.6) is 0 Å². The second-order valence-electron chi connectivity index (χ2n) is 4.16. The molecule has 0 heterocycles. The number of benzene rings is 1. The van der Waals surface area contributed by atoms with Crippen molar-refractivity contribution < 1.29 is 18.7 Å². The topological polar surface area (TPSA) is 49.3 Å². The van der Waals surface area contributed by atoms with E-state index in [1.54, 1.807) is 0 Å². The summed E-state index contributed by atoms with van der Waals surface area (Å²) in [6.45, 7) is 2.28. The summed E-state index contributed by atoms with van der Waals surface area (Å²) in [5.74, 6) is -2.14. The largest absolute Gasteiger partial charge is 0.480 e. The van der Waals surface area contributed by atoms with Crippen LogP contribution in [0.25, 0.3) is 0 Å². The number of nitrogens with one attached hydrogen (secondary N) is 1. The van der Waals surface area contributed by atoms with Crippen LogP contribution in [0.4, 0.5) is 8.78 Å². The highest BCUT2D eigenvalue weighted by Crippen LogP contribution is 2.08. The van der Waals surface area contributed by atoms with E-state index >= 15 is 0 Å². The van der Waals surface area contributed by atoms with E-state index in [1.165, 1.54) is 12.1 Å². The van der Waals surface area contributed by atoms with Crippen molar-refractivity contribution in [1.82, 2.24) is 5.32 Å². The molecule has 0 saturated heterocycles. The second-order valence-corrected chi connectivity index (χ2v) is 4.16. The number of carboxylic acids is 1. The molecule has 0 saturated carbocycles. The van der Waals surface area contributed by atoms with Crippen LogP contribution in [-0.4, -0.2) is 23.7 Å². The van der Waals surface area contributed by atoms with Gasteiger partial charge < -0.3 is 10.4 Å². The van der Waals surface area contributed by atoms with E-state index in [4.69, 9.17) is 5.11 Å². The molecule has 0 aromatic heterocycles. The average molecular weight is 257 g/mol. The van der Waals surface area contributed by atoms with Crippen LogP contribution in [0.1, 0.15) is 25.3 Å². The molecule has 1 atom stereocenters. The number of hydrogen-bond acceptors (Lipinski definition) is 2. The van der Waals surface area contributed by atoms with Crippen molar-refractivity contribution in [3.8, 4) is 0 Å². The molecule has 1 aromatic rings. The fourth-order valence-corrected chi connectivity index (χ4v) is 1.75. The second kappa shape index (κ2) is 7.06. The van der Waals surface area contributed by atoms with Crippen molar-refractivity contribution in [2.45, 2.75) is 32.2 Å². The summed E-state index contributed by atoms with van der Waals surface area (Å²) in [6.07, 6.45) is 1.69. The van der Waals surface area contributed by atoms with Gasteiger partial charge in [-0.3, -0.25) is 4.79 Å². The van der Waals surface area contributed by atoms with E-state index in [-0.39, 0.29) is 0 Å². The minimum absolute atomic E-state index is 0.375. The maximum Gasteiger partial charge on any atom is 0.320 e. The van der Waals surface area contributed by atoms with Crippen molar-refractivity contribution in [3.63, 3.8) is 0 Å². The number of halogens is 2. The molecule has 0 radical (unpaired) electrons. The van der Waals surface area contributed by atoms with Gasteiger partial charge in [-0.15, -0.1) is 0 Å². The molecule has 2 N–H and O–H groups in total. The Morgan fingerprint density at radius 2 is 1.94 bits per heavy atom. The van der Waals surface area contributed by atoms with Gasteiger partial charge in [-0.1, -0.05) is 13.3 Å². The van der Waals surface area contributed by atoms with Gasteiger partial charge in [0.15, 0.2) is 0 Å². The molecule has 0 aliphatic rings. The number of hydrogen-bond donors (Lipinski definition) is 2. The highest BCUT2D eigenvalue weighted by Gasteiger charge is 2.14. The first-order valence-corrected chi connectivity index (χ1v) is 5.94. The molecule has 1 aromatic carbocycles. The molecule has 0 bridgehead atoms. The molecule has 18 heavy (non-hydrogen) atoms. The zero-order chi connectivity index (χ0) is 13.5. The highest BCUT2D eigenvalue weighted by atomic mass is 19.1. The van der Waals surface area contributed by atoms with Crippen molar-refractivity contribution >= 4 is 5.97 Å². The summed E-state index contributed by atoms with van der Waals surface area (Å²) in [5, 5.41) is 11.8. The Morgan fingerprint density at radius 1 is 1.33 bits per heavy atom. The summed E-state index contributed by atoms with van der Waals surface area (Å²) in [4.78, 5) is 10.9. The van der Waals surface area contributed by atoms with Gasteiger partial charge in [0.05, 0.1) is 0 Å². The maximum absolute atomic E-state index is 12.9. The Hall–Kier alpha value is -1.49. The number of rotatable bonds is 7. The minimum atomic E-state index is -0.901. The smallest absolute Gasteiger partial charge is 0.320 e. The van der Waals surface area contributed by atoms with Gasteiger partial charge in [0.25, 0.3) is 0 Å². The Labute approximate surface area is 105 Å². The molecule has 0 unspecified atom stereocenters. The predicted molar refractivity (Wildman–Crippen MR) is 64.4 cm³/mol. The average Bonchev–Trinajstić information content (AvgIpc) is 2.26. The van der Waals surface area contributed by atoms with Crippen LogP contribution in [-0.2, 0) is 11.2 Å². The molecule has 0 fully saturated rings. The molecule has 0 amide bonds. The zero-order valence-electron chi connectivity index (χ0n) is 10.2. The first-order valence-electron chi connectivity index (χ1n) is 5.94. The molecule has 5 heteroatoms. The van der Waals surface area contributed by atoms with Gasteiger partial charge in [0.2, 0.25) is 0 Å². The first-order chi connectivity index (χ1) is 8.52. The van der Waals surface area contributed by atoms with E-state index in [2.05, 4.69) is 5.32 Å². The summed E-state index contributed by atoms with van der Waals surface area (Å²) in [5.41, 5.74) is 0.514. The van der Waals surface area contributed by atoms with Crippen molar-refractivity contribution in [1.29, 1.82) is 0 Å². The van der Waals surface area contributed by atoms with Crippen molar-refractivity contribution in [3.05, 3.63) is 35.4 Å². The van der Waals surface area contributed by atoms with Gasteiger partial charge in [-0.25, -0.2) is 8.78 Å². The number of carboxylic acid groups (broad SMARTS) is 1. The molecule has 0 aliphatic carbocycles. The first kappa shape index (κ1) is 14.6. The lowest BCUT2D eigenvalue weighted by Crippen LogP contribution is -2.37. The third-order valence-corrected chi connectivity index (χ3v) is 2.60. The standard InChI is InChI=1S/C13H17F2NO2/c1-2-3-12(13(17)18)16-5-4-9-6-10(14)8-11(15)7-9/h6-8,12,16H,2-5H2,1H3,(H,17,18)/t12-/m0/s1. The highest BCUT2D eigenvalue weighted by molar-refractivity contribution is 5.73. The van der Waals surface area contributed by atoms with Gasteiger partial charge in [-0.05, 0) is 37.1 Å². The minimum Gasteiger partial charge on any atom is -0.480 e. The van der Waals surface area contributed by atoms with Gasteiger partial charge in [-0.2, -0.15) is 0 Å². The molecular formula is C13H17F2NO2. The quantitative estimate of drug-likeness (QED) is 0.788. The maximum atomic E-state index is 12.9. The van der Waals surface area contributed by atoms with E-state index in [9.17, 15) is 13.6 Å². The summed E-state index contributed by atoms with van der Waals surface area (Å²) in [6, 6.07) is 2.71. The summed E-state index contributed by atoms with van der Waals surface area (Å²) < 4.78 is 25.8. The predicted octanol–water partition coefficient (Wildman–Crippen LogP) is 2.35. The van der Waals surface area contributed by atoms with E-state index in [1.807, 2.05) is 6.92 Å². The Bertz CT molecular complexity index is 390. The van der Waals surface area contributed by atoms with Crippen LogP contribution in [0.3, 0.4) is 0 Å². The number of aliphatic carboxylic acids is 1. The third kappa shape index (κ3) is 4.79. The van der Waals surface area contributed by atoms with Gasteiger partial charge >= 0.3 is 5.97 Å². The van der Waals surface area contributed by atoms with Gasteiger partial charge in [0, 0.05) is 6.07 Å². The van der Waals surface area contributed by atoms with Gasteiger partial charge in [0.1, 0.15) is 17.7 Å². The lowest BCUT2D eigenvalue weighted by molar-refractivity contribution is -0.139. The molecular weight excluding hydrogens is 240 g/mol.